The third kappa shape index (κ3) is 2.29. The van der Waals surface area contributed by atoms with Gasteiger partial charge in [0.25, 0.3) is 0 Å². The minimum atomic E-state index is -0.729. The summed E-state index contributed by atoms with van der Waals surface area (Å²) in [5.74, 6) is 0.361. The molecule has 0 aliphatic heterocycles. The van der Waals surface area contributed by atoms with Crippen LogP contribution in [-0.2, 0) is 4.74 Å². The van der Waals surface area contributed by atoms with Crippen molar-refractivity contribution in [3.05, 3.63) is 30.3 Å². The van der Waals surface area contributed by atoms with Crippen LogP contribution in [0.5, 0.6) is 5.75 Å². The molecule has 0 heterocycles. The first-order valence-electron chi connectivity index (χ1n) is 3.05. The minimum Gasteiger partial charge on any atom is -0.437 e. The SMILES string of the molecule is COC(=O)Oc1[c]cccc1. The summed E-state index contributed by atoms with van der Waals surface area (Å²) in [5, 5.41) is 0. The molecule has 0 atom stereocenters. The average molecular weight is 151 g/mol. The molecule has 0 spiro atoms. The van der Waals surface area contributed by atoms with Crippen molar-refractivity contribution in [3.63, 3.8) is 0 Å². The van der Waals surface area contributed by atoms with Crippen molar-refractivity contribution in [1.82, 2.24) is 0 Å². The number of hydrogen-bond acceptors (Lipinski definition) is 3. The van der Waals surface area contributed by atoms with Crippen LogP contribution in [0.15, 0.2) is 24.3 Å². The lowest BCUT2D eigenvalue weighted by atomic mass is 10.3. The highest BCUT2D eigenvalue weighted by molar-refractivity contribution is 5.63. The van der Waals surface area contributed by atoms with Gasteiger partial charge in [0.1, 0.15) is 5.75 Å². The van der Waals surface area contributed by atoms with E-state index < -0.39 is 6.16 Å². The first-order valence-corrected chi connectivity index (χ1v) is 3.05. The maximum absolute atomic E-state index is 10.5. The second-order valence-corrected chi connectivity index (χ2v) is 1.78. The van der Waals surface area contributed by atoms with Gasteiger partial charge in [-0.25, -0.2) is 4.79 Å². The van der Waals surface area contributed by atoms with Gasteiger partial charge in [-0.3, -0.25) is 0 Å². The number of carbonyl (C=O) groups excluding carboxylic acids is 1. The Morgan fingerprint density at radius 2 is 2.36 bits per heavy atom. The summed E-state index contributed by atoms with van der Waals surface area (Å²) in [7, 11) is 1.26. The first kappa shape index (κ1) is 7.60. The maximum atomic E-state index is 10.5. The molecule has 0 unspecified atom stereocenters. The topological polar surface area (TPSA) is 35.5 Å². The Morgan fingerprint density at radius 3 is 2.91 bits per heavy atom. The molecule has 1 aromatic carbocycles. The zero-order valence-corrected chi connectivity index (χ0v) is 6.03. The van der Waals surface area contributed by atoms with Crippen LogP contribution in [-0.4, -0.2) is 13.3 Å². The molecule has 0 bridgehead atoms. The molecule has 1 rings (SSSR count). The third-order valence-corrected chi connectivity index (χ3v) is 1.04. The molecule has 0 fully saturated rings. The first-order chi connectivity index (χ1) is 5.33. The molecule has 3 heteroatoms. The average Bonchev–Trinajstić information content (AvgIpc) is 2.06. The molecule has 1 radical (unpaired) electrons. The number of hydrogen-bond donors (Lipinski definition) is 0. The fourth-order valence-electron chi connectivity index (χ4n) is 0.572. The lowest BCUT2D eigenvalue weighted by molar-refractivity contribution is 0.121. The van der Waals surface area contributed by atoms with E-state index in [1.54, 1.807) is 24.3 Å². The quantitative estimate of drug-likeness (QED) is 0.452. The Kier molecular flexibility index (Phi) is 2.49. The number of para-hydroxylation sites is 1. The van der Waals surface area contributed by atoms with Gasteiger partial charge in [0.05, 0.1) is 7.11 Å². The van der Waals surface area contributed by atoms with Crippen molar-refractivity contribution in [2.45, 2.75) is 0 Å². The Labute approximate surface area is 64.5 Å². The maximum Gasteiger partial charge on any atom is 0.513 e. The number of methoxy groups -OCH3 is 1. The number of ether oxygens (including phenoxy) is 2. The largest absolute Gasteiger partial charge is 0.513 e. The standard InChI is InChI=1S/C8H7O3/c1-10-8(9)11-7-5-3-2-4-6-7/h2-5H,1H3. The summed E-state index contributed by atoms with van der Waals surface area (Å²) in [6.07, 6.45) is -0.729. The Bertz CT molecular complexity index is 230. The molecule has 0 saturated carbocycles. The van der Waals surface area contributed by atoms with Gasteiger partial charge < -0.3 is 9.47 Å². The van der Waals surface area contributed by atoms with Gasteiger partial charge in [-0.05, 0) is 6.07 Å². The van der Waals surface area contributed by atoms with E-state index in [-0.39, 0.29) is 0 Å². The number of benzene rings is 1. The van der Waals surface area contributed by atoms with Gasteiger partial charge in [0.15, 0.2) is 0 Å². The fraction of sp³-hybridized carbons (Fsp3) is 0.125. The van der Waals surface area contributed by atoms with E-state index in [4.69, 9.17) is 0 Å². The van der Waals surface area contributed by atoms with Gasteiger partial charge in [-0.1, -0.05) is 18.2 Å². The van der Waals surface area contributed by atoms with Crippen LogP contribution in [0.3, 0.4) is 0 Å². The summed E-state index contributed by atoms with van der Waals surface area (Å²) in [6, 6.07) is 9.51. The van der Waals surface area contributed by atoms with Crippen molar-refractivity contribution in [2.24, 2.45) is 0 Å². The van der Waals surface area contributed by atoms with Gasteiger partial charge in [-0.2, -0.15) is 0 Å². The monoisotopic (exact) mass is 151 g/mol. The Hall–Kier alpha value is -1.51. The van der Waals surface area contributed by atoms with Crippen LogP contribution in [0.1, 0.15) is 0 Å². The predicted octanol–water partition coefficient (Wildman–Crippen LogP) is 1.63. The van der Waals surface area contributed by atoms with Crippen molar-refractivity contribution < 1.29 is 14.3 Å². The molecule has 3 nitrogen and oxygen atoms in total. The van der Waals surface area contributed by atoms with Crippen LogP contribution in [0.2, 0.25) is 0 Å². The molecule has 0 N–H and O–H groups in total. The van der Waals surface area contributed by atoms with Crippen molar-refractivity contribution in [2.75, 3.05) is 7.11 Å². The minimum absolute atomic E-state index is 0.361. The van der Waals surface area contributed by atoms with E-state index in [1.807, 2.05) is 0 Å². The van der Waals surface area contributed by atoms with E-state index in [2.05, 4.69) is 15.5 Å². The molecule has 57 valence electrons. The molecule has 0 aliphatic carbocycles. The highest BCUT2D eigenvalue weighted by Gasteiger charge is 2.00. The lowest BCUT2D eigenvalue weighted by Crippen LogP contribution is -2.06. The summed E-state index contributed by atoms with van der Waals surface area (Å²) in [4.78, 5) is 10.5. The van der Waals surface area contributed by atoms with Crippen molar-refractivity contribution >= 4 is 6.16 Å². The Morgan fingerprint density at radius 1 is 1.55 bits per heavy atom. The van der Waals surface area contributed by atoms with Gasteiger partial charge >= 0.3 is 6.16 Å². The Balaban J connectivity index is 2.58. The predicted molar refractivity (Wildman–Crippen MR) is 38.3 cm³/mol. The molecule has 1 aromatic rings. The van der Waals surface area contributed by atoms with Crippen LogP contribution in [0, 0.1) is 6.07 Å². The van der Waals surface area contributed by atoms with E-state index in [9.17, 15) is 4.79 Å². The van der Waals surface area contributed by atoms with E-state index in [0.29, 0.717) is 5.75 Å². The second kappa shape index (κ2) is 3.61. The summed E-state index contributed by atoms with van der Waals surface area (Å²) in [6.45, 7) is 0. The van der Waals surface area contributed by atoms with Gasteiger partial charge in [0, 0.05) is 6.07 Å². The van der Waals surface area contributed by atoms with E-state index >= 15 is 0 Å². The van der Waals surface area contributed by atoms with Crippen molar-refractivity contribution in [1.29, 1.82) is 0 Å². The second-order valence-electron chi connectivity index (χ2n) is 1.78. The zero-order valence-electron chi connectivity index (χ0n) is 6.03. The highest BCUT2D eigenvalue weighted by Crippen LogP contribution is 2.07. The molecular weight excluding hydrogens is 144 g/mol. The smallest absolute Gasteiger partial charge is 0.437 e. The van der Waals surface area contributed by atoms with Crippen molar-refractivity contribution in [3.8, 4) is 5.75 Å². The van der Waals surface area contributed by atoms with Crippen LogP contribution >= 0.6 is 0 Å². The van der Waals surface area contributed by atoms with E-state index in [0.717, 1.165) is 0 Å². The molecule has 0 aromatic heterocycles. The normalized spacial score (nSPS) is 8.82. The molecule has 0 saturated heterocycles. The van der Waals surface area contributed by atoms with Crippen LogP contribution in [0.4, 0.5) is 4.79 Å². The number of rotatable bonds is 1. The summed E-state index contributed by atoms with van der Waals surface area (Å²) >= 11 is 0. The van der Waals surface area contributed by atoms with E-state index in [1.165, 1.54) is 7.11 Å². The zero-order chi connectivity index (χ0) is 8.10. The number of carbonyl (C=O) groups is 1. The molecule has 0 amide bonds. The van der Waals surface area contributed by atoms with Crippen LogP contribution < -0.4 is 4.74 Å². The summed E-state index contributed by atoms with van der Waals surface area (Å²) in [5.41, 5.74) is 0. The molecule has 11 heavy (non-hydrogen) atoms. The lowest BCUT2D eigenvalue weighted by Gasteiger charge is -1.99. The summed E-state index contributed by atoms with van der Waals surface area (Å²) < 4.78 is 8.92. The third-order valence-electron chi connectivity index (χ3n) is 1.04. The van der Waals surface area contributed by atoms with Gasteiger partial charge in [0.2, 0.25) is 0 Å². The highest BCUT2D eigenvalue weighted by atomic mass is 16.7. The molecule has 0 aliphatic rings. The van der Waals surface area contributed by atoms with Gasteiger partial charge in [-0.15, -0.1) is 0 Å². The van der Waals surface area contributed by atoms with Crippen LogP contribution in [0.25, 0.3) is 0 Å². The molecular formula is C8H7O3. The fourth-order valence-corrected chi connectivity index (χ4v) is 0.572.